The number of benzene rings is 1. The molecular weight excluding hydrogens is 446 g/mol. The highest BCUT2D eigenvalue weighted by Gasteiger charge is 2.52. The van der Waals surface area contributed by atoms with Gasteiger partial charge in [-0.15, -0.1) is 0 Å². The Morgan fingerprint density at radius 1 is 1.20 bits per heavy atom. The molecule has 0 saturated carbocycles. The lowest BCUT2D eigenvalue weighted by Gasteiger charge is -2.24. The van der Waals surface area contributed by atoms with Crippen LogP contribution < -0.4 is 5.32 Å². The highest BCUT2D eigenvalue weighted by molar-refractivity contribution is 5.95. The number of carbonyl (C=O) groups excluding carboxylic acids is 1. The summed E-state index contributed by atoms with van der Waals surface area (Å²) in [6.45, 7) is 12.0. The number of aromatic nitrogens is 1. The van der Waals surface area contributed by atoms with Crippen LogP contribution in [0.2, 0.25) is 0 Å². The second-order valence-corrected chi connectivity index (χ2v) is 9.10. The van der Waals surface area contributed by atoms with Crippen LogP contribution in [0, 0.1) is 6.92 Å². The van der Waals surface area contributed by atoms with Gasteiger partial charge in [0.1, 0.15) is 17.8 Å². The molecule has 0 amide bonds. The van der Waals surface area contributed by atoms with Gasteiger partial charge in [-0.05, 0) is 68.7 Å². The number of aliphatic hydroxyl groups is 1. The van der Waals surface area contributed by atoms with E-state index in [1.165, 1.54) is 11.1 Å². The second kappa shape index (κ2) is 11.2. The first-order chi connectivity index (χ1) is 16.8. The Balaban J connectivity index is 1.92. The Kier molecular flexibility index (Phi) is 8.59. The van der Waals surface area contributed by atoms with Crippen molar-refractivity contribution in [2.24, 2.45) is 4.99 Å². The van der Waals surface area contributed by atoms with Crippen molar-refractivity contribution >= 4 is 17.7 Å². The fourth-order valence-electron chi connectivity index (χ4n) is 4.27. The van der Waals surface area contributed by atoms with Crippen molar-refractivity contribution in [2.45, 2.75) is 91.3 Å². The predicted molar refractivity (Wildman–Crippen MR) is 135 cm³/mol. The minimum atomic E-state index is -1.58. The van der Waals surface area contributed by atoms with Gasteiger partial charge in [-0.3, -0.25) is 0 Å². The van der Waals surface area contributed by atoms with Gasteiger partial charge in [0.25, 0.3) is 11.6 Å². The van der Waals surface area contributed by atoms with Gasteiger partial charge >= 0.3 is 5.97 Å². The smallest absolute Gasteiger partial charge is 0.359 e. The number of unbranched alkanes of at least 4 members (excludes halogenated alkanes) is 1. The molecular formula is C27H39N3O5. The van der Waals surface area contributed by atoms with Crippen molar-refractivity contribution in [1.82, 2.24) is 5.16 Å². The molecule has 0 aliphatic carbocycles. The number of ether oxygens (including phenoxy) is 2. The molecule has 1 unspecified atom stereocenters. The summed E-state index contributed by atoms with van der Waals surface area (Å²) < 4.78 is 17.0. The molecule has 2 heterocycles. The predicted octanol–water partition coefficient (Wildman–Crippen LogP) is 5.15. The van der Waals surface area contributed by atoms with Crippen LogP contribution in [0.1, 0.15) is 88.4 Å². The van der Waals surface area contributed by atoms with Crippen molar-refractivity contribution in [3.63, 3.8) is 0 Å². The van der Waals surface area contributed by atoms with Gasteiger partial charge in [-0.1, -0.05) is 45.3 Å². The molecule has 0 radical (unpaired) electrons. The quantitative estimate of drug-likeness (QED) is 0.424. The summed E-state index contributed by atoms with van der Waals surface area (Å²) in [4.78, 5) is 17.6. The van der Waals surface area contributed by atoms with Crippen LogP contribution in [0.15, 0.2) is 27.7 Å². The normalized spacial score (nSPS) is 17.7. The van der Waals surface area contributed by atoms with Gasteiger partial charge in [0, 0.05) is 11.8 Å². The van der Waals surface area contributed by atoms with Crippen molar-refractivity contribution in [1.29, 1.82) is 0 Å². The summed E-state index contributed by atoms with van der Waals surface area (Å²) in [7, 11) is 0. The zero-order valence-corrected chi connectivity index (χ0v) is 21.9. The van der Waals surface area contributed by atoms with E-state index in [0.717, 1.165) is 36.9 Å². The Hall–Kier alpha value is -2.87. The molecule has 1 aliphatic heterocycles. The molecule has 3 rings (SSSR count). The van der Waals surface area contributed by atoms with E-state index in [9.17, 15) is 9.90 Å². The summed E-state index contributed by atoms with van der Waals surface area (Å²) in [5.41, 5.74) is 2.03. The number of nitrogens with one attached hydrogen (secondary N) is 1. The zero-order valence-electron chi connectivity index (χ0n) is 21.9. The topological polar surface area (TPSA) is 106 Å². The van der Waals surface area contributed by atoms with Gasteiger partial charge in [-0.25, -0.2) is 9.79 Å². The summed E-state index contributed by atoms with van der Waals surface area (Å²) in [5.74, 6) is -0.308. The average Bonchev–Trinajstić information content (AvgIpc) is 3.53. The van der Waals surface area contributed by atoms with Crippen LogP contribution in [0.4, 0.5) is 5.69 Å². The molecule has 8 heteroatoms. The molecule has 1 atom stereocenters. The number of hydrogen-bond acceptors (Lipinski definition) is 8. The van der Waals surface area contributed by atoms with E-state index in [4.69, 9.17) is 14.0 Å². The number of anilines is 1. The largest absolute Gasteiger partial charge is 0.463 e. The van der Waals surface area contributed by atoms with E-state index >= 15 is 0 Å². The number of amidine groups is 1. The van der Waals surface area contributed by atoms with Gasteiger partial charge in [0.05, 0.1) is 6.61 Å². The lowest BCUT2D eigenvalue weighted by atomic mass is 9.92. The molecule has 1 aliphatic rings. The number of aliphatic imine (C=N–C) groups is 1. The Bertz CT molecular complexity index is 1060. The summed E-state index contributed by atoms with van der Waals surface area (Å²) >= 11 is 0. The van der Waals surface area contributed by atoms with Crippen molar-refractivity contribution < 1.29 is 23.9 Å². The molecule has 1 aromatic heterocycles. The highest BCUT2D eigenvalue weighted by Crippen LogP contribution is 2.37. The third-order valence-corrected chi connectivity index (χ3v) is 6.90. The van der Waals surface area contributed by atoms with Crippen molar-refractivity contribution in [2.75, 3.05) is 18.5 Å². The lowest BCUT2D eigenvalue weighted by Crippen LogP contribution is -2.42. The van der Waals surface area contributed by atoms with E-state index in [-0.39, 0.29) is 24.9 Å². The number of rotatable bonds is 11. The number of esters is 1. The van der Waals surface area contributed by atoms with Crippen LogP contribution >= 0.6 is 0 Å². The fraction of sp³-hybridized carbons (Fsp3) is 0.593. The summed E-state index contributed by atoms with van der Waals surface area (Å²) in [5, 5.41) is 18.3. The first kappa shape index (κ1) is 26.7. The molecule has 2 aromatic rings. The molecule has 0 bridgehead atoms. The van der Waals surface area contributed by atoms with E-state index in [0.29, 0.717) is 18.6 Å². The monoisotopic (exact) mass is 485 g/mol. The van der Waals surface area contributed by atoms with E-state index in [1.54, 1.807) is 13.0 Å². The molecule has 192 valence electrons. The van der Waals surface area contributed by atoms with Crippen LogP contribution in [0.3, 0.4) is 0 Å². The molecule has 0 fully saturated rings. The van der Waals surface area contributed by atoms with Gasteiger partial charge in [0.2, 0.25) is 0 Å². The third kappa shape index (κ3) is 5.37. The number of aryl methyl sites for hydroxylation is 2. The second-order valence-electron chi connectivity index (χ2n) is 9.10. The van der Waals surface area contributed by atoms with Crippen LogP contribution in [-0.4, -0.2) is 35.4 Å². The van der Waals surface area contributed by atoms with E-state index in [2.05, 4.69) is 48.4 Å². The van der Waals surface area contributed by atoms with Gasteiger partial charge < -0.3 is 24.4 Å². The van der Waals surface area contributed by atoms with Gasteiger partial charge in [-0.2, -0.15) is 0 Å². The SMILES string of the molecule is CCCCc1cc(CC)cc(NC2=NCC(C(=O)OCC)(c3cc(C(O)(CC)CC)on3)O2)c1C. The molecule has 0 spiro atoms. The maximum absolute atomic E-state index is 13.1. The third-order valence-electron chi connectivity index (χ3n) is 6.90. The number of carbonyl (C=O) groups is 1. The molecule has 8 nitrogen and oxygen atoms in total. The number of nitrogens with zero attached hydrogens (tertiary/aromatic N) is 2. The lowest BCUT2D eigenvalue weighted by molar-refractivity contribution is -0.162. The highest BCUT2D eigenvalue weighted by atomic mass is 16.6. The standard InChI is InChI=1S/C27H39N3O5/c1-7-12-13-20-14-19(8-2)15-21(18(20)6)29-25-28-17-27(34-25,24(31)33-11-5)22-16-23(35-30-22)26(32,9-3)10-4/h14-16,32H,7-13,17H2,1-6H3,(H,28,29). The van der Waals surface area contributed by atoms with Crippen LogP contribution in [-0.2, 0) is 38.3 Å². The molecule has 2 N–H and O–H groups in total. The van der Waals surface area contributed by atoms with Crippen LogP contribution in [0.25, 0.3) is 0 Å². The van der Waals surface area contributed by atoms with Crippen LogP contribution in [0.5, 0.6) is 0 Å². The van der Waals surface area contributed by atoms with Crippen molar-refractivity contribution in [3.8, 4) is 0 Å². The summed E-state index contributed by atoms with van der Waals surface area (Å²) in [6.07, 6.45) is 5.05. The zero-order chi connectivity index (χ0) is 25.6. The van der Waals surface area contributed by atoms with E-state index < -0.39 is 17.2 Å². The Morgan fingerprint density at radius 2 is 1.94 bits per heavy atom. The maximum atomic E-state index is 13.1. The maximum Gasteiger partial charge on any atom is 0.359 e. The first-order valence-electron chi connectivity index (χ1n) is 12.8. The Labute approximate surface area is 208 Å². The molecule has 1 aromatic carbocycles. The van der Waals surface area contributed by atoms with Crippen molar-refractivity contribution in [3.05, 3.63) is 46.3 Å². The first-order valence-corrected chi connectivity index (χ1v) is 12.8. The molecule has 0 saturated heterocycles. The minimum Gasteiger partial charge on any atom is -0.463 e. The fourth-order valence-corrected chi connectivity index (χ4v) is 4.27. The van der Waals surface area contributed by atoms with Gasteiger partial charge in [0.15, 0.2) is 5.76 Å². The molecule has 35 heavy (non-hydrogen) atoms. The number of hydrogen-bond donors (Lipinski definition) is 2. The summed E-state index contributed by atoms with van der Waals surface area (Å²) in [6, 6.07) is 6.16. The van der Waals surface area contributed by atoms with E-state index in [1.807, 2.05) is 13.8 Å². The Morgan fingerprint density at radius 3 is 2.57 bits per heavy atom. The minimum absolute atomic E-state index is 0.00791. The average molecular weight is 486 g/mol.